The van der Waals surface area contributed by atoms with Gasteiger partial charge in [-0.25, -0.2) is 19.3 Å². The third kappa shape index (κ3) is 4.86. The van der Waals surface area contributed by atoms with E-state index in [1.54, 1.807) is 42.9 Å². The zero-order valence-electron chi connectivity index (χ0n) is 21.9. The predicted octanol–water partition coefficient (Wildman–Crippen LogP) is 7.13. The molecule has 0 aliphatic carbocycles. The van der Waals surface area contributed by atoms with E-state index in [9.17, 15) is 4.39 Å². The molecule has 0 bridgehead atoms. The highest BCUT2D eigenvalue weighted by atomic mass is 19.1. The lowest BCUT2D eigenvalue weighted by Crippen LogP contribution is -2.10. The van der Waals surface area contributed by atoms with Gasteiger partial charge in [0, 0.05) is 34.8 Å². The topological polar surface area (TPSA) is 108 Å². The van der Waals surface area contributed by atoms with Crippen LogP contribution in [0.15, 0.2) is 79.4 Å². The first-order valence-corrected chi connectivity index (χ1v) is 12.6. The Balaban J connectivity index is 1.37. The van der Waals surface area contributed by atoms with E-state index >= 15 is 0 Å². The molecule has 0 radical (unpaired) electrons. The Morgan fingerprint density at radius 1 is 1.03 bits per heavy atom. The van der Waals surface area contributed by atoms with E-state index in [-0.39, 0.29) is 11.2 Å². The molecule has 0 atom stereocenters. The van der Waals surface area contributed by atoms with Crippen molar-refractivity contribution in [1.82, 2.24) is 35.1 Å². The zero-order valence-corrected chi connectivity index (χ0v) is 21.9. The summed E-state index contributed by atoms with van der Waals surface area (Å²) in [5, 5.41) is 10.9. The number of halogens is 1. The van der Waals surface area contributed by atoms with Gasteiger partial charge in [-0.15, -0.1) is 0 Å². The van der Waals surface area contributed by atoms with Gasteiger partial charge in [-0.2, -0.15) is 5.10 Å². The van der Waals surface area contributed by atoms with Gasteiger partial charge in [0.05, 0.1) is 28.6 Å². The highest BCUT2D eigenvalue weighted by Gasteiger charge is 2.18. The lowest BCUT2D eigenvalue weighted by Gasteiger charge is -2.20. The minimum atomic E-state index is -0.315. The fourth-order valence-electron chi connectivity index (χ4n) is 4.69. The Bertz CT molecular complexity index is 1840. The number of pyridine rings is 3. The lowest BCUT2D eigenvalue weighted by molar-refractivity contribution is 0.411. The first-order chi connectivity index (χ1) is 18.7. The van der Waals surface area contributed by atoms with E-state index in [1.807, 2.05) is 18.2 Å². The first-order valence-electron chi connectivity index (χ1n) is 12.6. The minimum Gasteiger partial charge on any atom is -0.358 e. The van der Waals surface area contributed by atoms with Crippen LogP contribution in [0.3, 0.4) is 0 Å². The second kappa shape index (κ2) is 9.43. The van der Waals surface area contributed by atoms with E-state index in [0.717, 1.165) is 34.6 Å². The Kier molecular flexibility index (Phi) is 5.91. The van der Waals surface area contributed by atoms with Crippen LogP contribution in [-0.2, 0) is 0 Å². The van der Waals surface area contributed by atoms with E-state index in [2.05, 4.69) is 62.8 Å². The molecule has 8 nitrogen and oxygen atoms in total. The molecular weight excluding hydrogens is 491 g/mol. The van der Waals surface area contributed by atoms with Gasteiger partial charge in [0.15, 0.2) is 17.2 Å². The molecule has 6 aromatic rings. The molecule has 0 unspecified atom stereocenters. The summed E-state index contributed by atoms with van der Waals surface area (Å²) in [6.07, 6.45) is 6.01. The number of fused-ring (bicyclic) bond motifs is 2. The second-order valence-corrected chi connectivity index (χ2v) is 10.7. The van der Waals surface area contributed by atoms with Crippen LogP contribution in [0.25, 0.3) is 56.1 Å². The van der Waals surface area contributed by atoms with Gasteiger partial charge in [-0.05, 0) is 42.2 Å². The molecule has 0 fully saturated rings. The van der Waals surface area contributed by atoms with Crippen LogP contribution in [0, 0.1) is 11.2 Å². The number of rotatable bonds is 6. The minimum absolute atomic E-state index is 0.127. The maximum atomic E-state index is 14.6. The molecule has 0 saturated carbocycles. The third-order valence-corrected chi connectivity index (χ3v) is 6.29. The van der Waals surface area contributed by atoms with Gasteiger partial charge in [-0.1, -0.05) is 45.5 Å². The average Bonchev–Trinajstić information content (AvgIpc) is 3.51. The van der Waals surface area contributed by atoms with Crippen LogP contribution in [0.2, 0.25) is 0 Å². The van der Waals surface area contributed by atoms with Crippen LogP contribution in [0.5, 0.6) is 0 Å². The van der Waals surface area contributed by atoms with Crippen LogP contribution in [0.4, 0.5) is 10.1 Å². The molecule has 3 N–H and O–H groups in total. The molecule has 1 aromatic carbocycles. The average molecular weight is 519 g/mol. The van der Waals surface area contributed by atoms with Gasteiger partial charge < -0.3 is 10.3 Å². The van der Waals surface area contributed by atoms with Gasteiger partial charge in [-0.3, -0.25) is 10.1 Å². The van der Waals surface area contributed by atoms with Crippen molar-refractivity contribution in [3.8, 4) is 33.9 Å². The molecule has 9 heteroatoms. The van der Waals surface area contributed by atoms with Crippen molar-refractivity contribution in [2.45, 2.75) is 27.2 Å². The molecule has 39 heavy (non-hydrogen) atoms. The number of nitrogens with zero attached hydrogens (tertiary/aromatic N) is 5. The normalized spacial score (nSPS) is 11.8. The number of nitrogens with one attached hydrogen (secondary N) is 3. The van der Waals surface area contributed by atoms with Crippen molar-refractivity contribution in [2.24, 2.45) is 5.41 Å². The molecule has 6 rings (SSSR count). The van der Waals surface area contributed by atoms with Crippen molar-refractivity contribution in [2.75, 3.05) is 5.32 Å². The number of allylic oxidation sites excluding steroid dienone is 1. The summed E-state index contributed by atoms with van der Waals surface area (Å²) in [4.78, 5) is 21.6. The fourth-order valence-corrected chi connectivity index (χ4v) is 4.69. The van der Waals surface area contributed by atoms with Crippen LogP contribution >= 0.6 is 0 Å². The Hall–Kier alpha value is -4.92. The summed E-state index contributed by atoms with van der Waals surface area (Å²) in [6.45, 7) is 10.7. The largest absolute Gasteiger partial charge is 0.358 e. The Morgan fingerprint density at radius 2 is 1.87 bits per heavy atom. The second-order valence-electron chi connectivity index (χ2n) is 10.7. The summed E-state index contributed by atoms with van der Waals surface area (Å²) in [6, 6.07) is 14.3. The van der Waals surface area contributed by atoms with Crippen molar-refractivity contribution < 1.29 is 4.39 Å². The van der Waals surface area contributed by atoms with E-state index in [4.69, 9.17) is 4.98 Å². The number of benzene rings is 1. The molecule has 0 saturated heterocycles. The fraction of sp³-hybridized carbons (Fsp3) is 0.167. The Morgan fingerprint density at radius 3 is 2.69 bits per heavy atom. The summed E-state index contributed by atoms with van der Waals surface area (Å²) >= 11 is 0. The number of aromatic nitrogens is 7. The molecular formula is C30H27FN8. The quantitative estimate of drug-likeness (QED) is 0.217. The van der Waals surface area contributed by atoms with Crippen molar-refractivity contribution in [3.05, 3.63) is 85.2 Å². The molecule has 0 spiro atoms. The van der Waals surface area contributed by atoms with Gasteiger partial charge in [0.25, 0.3) is 0 Å². The molecule has 5 heterocycles. The lowest BCUT2D eigenvalue weighted by atomic mass is 9.91. The number of hydrogen-bond donors (Lipinski definition) is 3. The van der Waals surface area contributed by atoms with Crippen LogP contribution in [0.1, 0.15) is 27.2 Å². The van der Waals surface area contributed by atoms with E-state index in [1.165, 1.54) is 6.07 Å². The maximum Gasteiger partial charge on any atom is 0.178 e. The van der Waals surface area contributed by atoms with Crippen molar-refractivity contribution >= 4 is 27.9 Å². The highest BCUT2D eigenvalue weighted by molar-refractivity contribution is 5.95. The van der Waals surface area contributed by atoms with E-state index in [0.29, 0.717) is 39.3 Å². The van der Waals surface area contributed by atoms with Crippen molar-refractivity contribution in [1.29, 1.82) is 0 Å². The van der Waals surface area contributed by atoms with Crippen molar-refractivity contribution in [3.63, 3.8) is 0 Å². The predicted molar refractivity (Wildman–Crippen MR) is 152 cm³/mol. The van der Waals surface area contributed by atoms with Crippen LogP contribution in [-0.4, -0.2) is 35.1 Å². The first kappa shape index (κ1) is 24.4. The molecule has 0 aliphatic heterocycles. The SMILES string of the molecule is C=C(CC(C)(C)C)Nc1cncc(-c2ccc3[nH]nc(-c4nc5nccc(-c6ccccc6F)c5[nH]4)c3n2)c1. The number of imidazole rings is 1. The summed E-state index contributed by atoms with van der Waals surface area (Å²) < 4.78 is 14.6. The standard InChI is InChI=1S/C30H27FN8/c1-17(14-30(2,3)4)34-19-13-18(15-32-16-19)23-9-10-24-26(35-23)27(39-38-24)29-36-25-21(11-12-33-28(25)37-29)20-7-5-6-8-22(20)31/h5-13,15-16,34H,1,14H2,2-4H3,(H,38,39)(H,33,36,37). The number of anilines is 1. The van der Waals surface area contributed by atoms with E-state index < -0.39 is 0 Å². The third-order valence-electron chi connectivity index (χ3n) is 6.29. The molecule has 5 aromatic heterocycles. The summed E-state index contributed by atoms with van der Waals surface area (Å²) in [5.41, 5.74) is 7.69. The van der Waals surface area contributed by atoms with Gasteiger partial charge >= 0.3 is 0 Å². The molecule has 194 valence electrons. The number of H-pyrrole nitrogens is 2. The smallest absolute Gasteiger partial charge is 0.178 e. The monoisotopic (exact) mass is 518 g/mol. The number of hydrogen-bond acceptors (Lipinski definition) is 6. The molecule has 0 aliphatic rings. The maximum absolute atomic E-state index is 14.6. The summed E-state index contributed by atoms with van der Waals surface area (Å²) in [5.74, 6) is 0.175. The molecule has 0 amide bonds. The Labute approximate surface area is 224 Å². The van der Waals surface area contributed by atoms with Gasteiger partial charge in [0.2, 0.25) is 0 Å². The van der Waals surface area contributed by atoms with Gasteiger partial charge in [0.1, 0.15) is 11.3 Å². The zero-order chi connectivity index (χ0) is 27.1. The number of aromatic amines is 2. The summed E-state index contributed by atoms with van der Waals surface area (Å²) in [7, 11) is 0. The highest BCUT2D eigenvalue weighted by Crippen LogP contribution is 2.32. The van der Waals surface area contributed by atoms with Crippen LogP contribution < -0.4 is 5.32 Å².